The van der Waals surface area contributed by atoms with Crippen molar-refractivity contribution in [2.24, 2.45) is 11.8 Å². The Morgan fingerprint density at radius 3 is 1.41 bits per heavy atom. The van der Waals surface area contributed by atoms with Gasteiger partial charge >= 0.3 is 11.9 Å². The van der Waals surface area contributed by atoms with Crippen molar-refractivity contribution in [3.05, 3.63) is 0 Å². The van der Waals surface area contributed by atoms with Gasteiger partial charge in [-0.2, -0.15) is 25.3 Å². The van der Waals surface area contributed by atoms with E-state index < -0.39 is 23.8 Å². The lowest BCUT2D eigenvalue weighted by atomic mass is 9.93. The van der Waals surface area contributed by atoms with Crippen molar-refractivity contribution < 1.29 is 19.8 Å². The van der Waals surface area contributed by atoms with E-state index in [9.17, 15) is 9.59 Å². The minimum absolute atomic E-state index is 0.232. The Morgan fingerprint density at radius 1 is 0.941 bits per heavy atom. The smallest absolute Gasteiger partial charge is 0.307 e. The van der Waals surface area contributed by atoms with Crippen molar-refractivity contribution in [1.29, 1.82) is 0 Å². The third-order valence-electron chi connectivity index (χ3n) is 2.83. The van der Waals surface area contributed by atoms with E-state index in [2.05, 4.69) is 25.3 Å². The summed E-state index contributed by atoms with van der Waals surface area (Å²) < 4.78 is 0. The summed E-state index contributed by atoms with van der Waals surface area (Å²) in [4.78, 5) is 21.8. The standard InChI is InChI=1S/C11H20O4S2/c1-6(16)8(10(12)13)4-3-5-9(7(2)17)11(14)15/h6-9,16-17H,3-5H2,1-2H3,(H,12,13)(H,14,15). The number of thiol groups is 2. The molecule has 0 aromatic heterocycles. The van der Waals surface area contributed by atoms with Crippen LogP contribution in [0.1, 0.15) is 33.1 Å². The molecule has 4 unspecified atom stereocenters. The van der Waals surface area contributed by atoms with E-state index in [0.29, 0.717) is 19.3 Å². The Hall–Kier alpha value is -0.360. The third kappa shape index (κ3) is 6.21. The average molecular weight is 280 g/mol. The van der Waals surface area contributed by atoms with E-state index in [1.54, 1.807) is 13.8 Å². The van der Waals surface area contributed by atoms with Crippen LogP contribution in [0, 0.1) is 11.8 Å². The first-order chi connectivity index (χ1) is 7.77. The summed E-state index contributed by atoms with van der Waals surface area (Å²) in [6.07, 6.45) is 1.46. The summed E-state index contributed by atoms with van der Waals surface area (Å²) in [5.41, 5.74) is 0. The second-order valence-electron chi connectivity index (χ2n) is 4.30. The lowest BCUT2D eigenvalue weighted by molar-refractivity contribution is -0.141. The lowest BCUT2D eigenvalue weighted by Crippen LogP contribution is -2.25. The first kappa shape index (κ1) is 16.6. The fourth-order valence-corrected chi connectivity index (χ4v) is 2.25. The topological polar surface area (TPSA) is 74.6 Å². The molecule has 0 aromatic rings. The van der Waals surface area contributed by atoms with Crippen LogP contribution in [-0.2, 0) is 9.59 Å². The molecule has 0 rings (SSSR count). The van der Waals surface area contributed by atoms with Crippen LogP contribution in [-0.4, -0.2) is 32.7 Å². The molecule has 4 nitrogen and oxygen atoms in total. The Morgan fingerprint density at radius 2 is 1.24 bits per heavy atom. The number of carbonyl (C=O) groups is 2. The van der Waals surface area contributed by atoms with E-state index in [-0.39, 0.29) is 10.5 Å². The molecule has 0 heterocycles. The van der Waals surface area contributed by atoms with Gasteiger partial charge in [0.05, 0.1) is 11.8 Å². The van der Waals surface area contributed by atoms with Gasteiger partial charge in [0.15, 0.2) is 0 Å². The van der Waals surface area contributed by atoms with Gasteiger partial charge < -0.3 is 10.2 Å². The van der Waals surface area contributed by atoms with Crippen molar-refractivity contribution >= 4 is 37.2 Å². The molecule has 0 bridgehead atoms. The highest BCUT2D eigenvalue weighted by molar-refractivity contribution is 7.81. The molecule has 0 aromatic carbocycles. The first-order valence-electron chi connectivity index (χ1n) is 5.59. The maximum Gasteiger partial charge on any atom is 0.307 e. The number of aliphatic carboxylic acids is 2. The van der Waals surface area contributed by atoms with Crippen molar-refractivity contribution in [1.82, 2.24) is 0 Å². The van der Waals surface area contributed by atoms with E-state index in [1.165, 1.54) is 0 Å². The van der Waals surface area contributed by atoms with Crippen LogP contribution in [0.15, 0.2) is 0 Å². The molecular weight excluding hydrogens is 260 g/mol. The van der Waals surface area contributed by atoms with Gasteiger partial charge in [-0.3, -0.25) is 9.59 Å². The molecule has 17 heavy (non-hydrogen) atoms. The Bertz CT molecular complexity index is 240. The number of carboxylic acid groups (broad SMARTS) is 2. The van der Waals surface area contributed by atoms with Crippen LogP contribution >= 0.6 is 25.3 Å². The lowest BCUT2D eigenvalue weighted by Gasteiger charge is -2.18. The monoisotopic (exact) mass is 280 g/mol. The van der Waals surface area contributed by atoms with Gasteiger partial charge in [0.25, 0.3) is 0 Å². The second-order valence-corrected chi connectivity index (χ2v) is 5.93. The zero-order chi connectivity index (χ0) is 13.6. The Balaban J connectivity index is 4.19. The van der Waals surface area contributed by atoms with Crippen molar-refractivity contribution in [3.63, 3.8) is 0 Å². The highest BCUT2D eigenvalue weighted by Gasteiger charge is 2.25. The van der Waals surface area contributed by atoms with Crippen LogP contribution in [0.4, 0.5) is 0 Å². The summed E-state index contributed by atoms with van der Waals surface area (Å²) in [6, 6.07) is 0. The van der Waals surface area contributed by atoms with Gasteiger partial charge in [0, 0.05) is 10.5 Å². The number of rotatable bonds is 8. The number of hydrogen-bond acceptors (Lipinski definition) is 4. The molecule has 6 heteroatoms. The molecule has 100 valence electrons. The molecule has 0 saturated carbocycles. The molecule has 0 saturated heterocycles. The molecule has 0 amide bonds. The molecular formula is C11H20O4S2. The van der Waals surface area contributed by atoms with Crippen molar-refractivity contribution in [2.75, 3.05) is 0 Å². The van der Waals surface area contributed by atoms with Crippen molar-refractivity contribution in [3.8, 4) is 0 Å². The Kier molecular flexibility index (Phi) is 7.70. The average Bonchev–Trinajstić information content (AvgIpc) is 2.14. The van der Waals surface area contributed by atoms with Crippen LogP contribution in [0.5, 0.6) is 0 Å². The maximum atomic E-state index is 10.9. The molecule has 0 aliphatic rings. The van der Waals surface area contributed by atoms with E-state index in [4.69, 9.17) is 10.2 Å². The molecule has 0 aliphatic carbocycles. The van der Waals surface area contributed by atoms with Gasteiger partial charge in [-0.15, -0.1) is 0 Å². The summed E-state index contributed by atoms with van der Waals surface area (Å²) in [7, 11) is 0. The van der Waals surface area contributed by atoms with E-state index >= 15 is 0 Å². The maximum absolute atomic E-state index is 10.9. The second kappa shape index (κ2) is 7.87. The largest absolute Gasteiger partial charge is 0.481 e. The fourth-order valence-electron chi connectivity index (χ4n) is 1.70. The number of carboxylic acids is 2. The Labute approximate surface area is 113 Å². The van der Waals surface area contributed by atoms with Gasteiger partial charge in [0.1, 0.15) is 0 Å². The van der Waals surface area contributed by atoms with Gasteiger partial charge in [-0.1, -0.05) is 20.3 Å². The van der Waals surface area contributed by atoms with Gasteiger partial charge in [-0.25, -0.2) is 0 Å². The summed E-state index contributed by atoms with van der Waals surface area (Å²) in [5, 5.41) is 17.4. The predicted molar refractivity (Wildman–Crippen MR) is 73.0 cm³/mol. The predicted octanol–water partition coefficient (Wildman–Crippen LogP) is 2.19. The summed E-state index contributed by atoms with van der Waals surface area (Å²) >= 11 is 8.25. The molecule has 0 spiro atoms. The van der Waals surface area contributed by atoms with E-state index in [0.717, 1.165) is 0 Å². The van der Waals surface area contributed by atoms with Crippen molar-refractivity contribution in [2.45, 2.75) is 43.6 Å². The van der Waals surface area contributed by atoms with Gasteiger partial charge in [-0.05, 0) is 12.8 Å². The molecule has 2 N–H and O–H groups in total. The summed E-state index contributed by atoms with van der Waals surface area (Å²) in [5.74, 6) is -2.80. The minimum atomic E-state index is -0.877. The fraction of sp³-hybridized carbons (Fsp3) is 0.818. The van der Waals surface area contributed by atoms with Crippen LogP contribution in [0.2, 0.25) is 0 Å². The van der Waals surface area contributed by atoms with Gasteiger partial charge in [0.2, 0.25) is 0 Å². The minimum Gasteiger partial charge on any atom is -0.481 e. The molecule has 0 fully saturated rings. The first-order valence-corrected chi connectivity index (χ1v) is 6.62. The van der Waals surface area contributed by atoms with Crippen LogP contribution in [0.25, 0.3) is 0 Å². The van der Waals surface area contributed by atoms with Crippen LogP contribution < -0.4 is 0 Å². The summed E-state index contributed by atoms with van der Waals surface area (Å²) in [6.45, 7) is 3.47. The molecule has 0 aliphatic heterocycles. The molecule has 4 atom stereocenters. The SMILES string of the molecule is CC(S)C(CCCC(C(=O)O)C(C)S)C(=O)O. The molecule has 0 radical (unpaired) electrons. The van der Waals surface area contributed by atoms with Crippen LogP contribution in [0.3, 0.4) is 0 Å². The highest BCUT2D eigenvalue weighted by Crippen LogP contribution is 2.22. The highest BCUT2D eigenvalue weighted by atomic mass is 32.1. The zero-order valence-corrected chi connectivity index (χ0v) is 11.8. The normalized spacial score (nSPS) is 18.1. The quantitative estimate of drug-likeness (QED) is 0.514. The van der Waals surface area contributed by atoms with E-state index in [1.807, 2.05) is 0 Å². The zero-order valence-electron chi connectivity index (χ0n) is 10.0. The third-order valence-corrected chi connectivity index (χ3v) is 3.55. The number of hydrogen-bond donors (Lipinski definition) is 4.